The van der Waals surface area contributed by atoms with Crippen LogP contribution in [0.15, 0.2) is 61.1 Å². The molecule has 0 saturated heterocycles. The zero-order valence-electron chi connectivity index (χ0n) is 18.6. The van der Waals surface area contributed by atoms with E-state index in [2.05, 4.69) is 20.6 Å². The van der Waals surface area contributed by atoms with Gasteiger partial charge in [-0.3, -0.25) is 19.0 Å². The number of fused-ring (bicyclic) bond motifs is 2. The number of carbonyl (C=O) groups excluding carboxylic acids is 2. The second-order valence-corrected chi connectivity index (χ2v) is 8.57. The van der Waals surface area contributed by atoms with Crippen molar-refractivity contribution in [2.45, 2.75) is 39.3 Å². The number of benzene rings is 1. The maximum absolute atomic E-state index is 13.0. The van der Waals surface area contributed by atoms with Crippen molar-refractivity contribution in [3.63, 3.8) is 0 Å². The Kier molecular flexibility index (Phi) is 5.38. The zero-order valence-corrected chi connectivity index (χ0v) is 18.6. The van der Waals surface area contributed by atoms with E-state index in [-0.39, 0.29) is 17.9 Å². The molecule has 5 rings (SSSR count). The van der Waals surface area contributed by atoms with Crippen molar-refractivity contribution in [3.05, 3.63) is 100 Å². The van der Waals surface area contributed by atoms with E-state index in [0.29, 0.717) is 17.8 Å². The van der Waals surface area contributed by atoms with Crippen molar-refractivity contribution < 1.29 is 9.59 Å². The summed E-state index contributed by atoms with van der Waals surface area (Å²) in [7, 11) is 0. The van der Waals surface area contributed by atoms with Gasteiger partial charge in [0, 0.05) is 18.0 Å². The first-order valence-electron chi connectivity index (χ1n) is 11.0. The standard InChI is InChI=1S/C26H25N5O2/c1-16-3-7-20(27-12-16)13-29-25(32)19-5-8-21-18(11-19)6-9-22(21)30-26(33)23-14-28-24-10-4-17(2)15-31(23)24/h3-5,7-8,10-12,14-15,22H,6,9,13H2,1-2H3,(H,29,32)(H,30,33)/t22-/m1/s1. The fourth-order valence-corrected chi connectivity index (χ4v) is 4.27. The minimum atomic E-state index is -0.154. The monoisotopic (exact) mass is 439 g/mol. The molecule has 1 aromatic carbocycles. The van der Waals surface area contributed by atoms with Crippen LogP contribution >= 0.6 is 0 Å². The van der Waals surface area contributed by atoms with Gasteiger partial charge in [0.15, 0.2) is 0 Å². The van der Waals surface area contributed by atoms with Gasteiger partial charge in [0.1, 0.15) is 11.3 Å². The lowest BCUT2D eigenvalue weighted by Gasteiger charge is -2.14. The number of amides is 2. The van der Waals surface area contributed by atoms with Crippen molar-refractivity contribution in [3.8, 4) is 0 Å². The van der Waals surface area contributed by atoms with Crippen LogP contribution in [0.2, 0.25) is 0 Å². The Morgan fingerprint density at radius 3 is 2.67 bits per heavy atom. The smallest absolute Gasteiger partial charge is 0.270 e. The Bertz CT molecular complexity index is 1360. The molecule has 1 atom stereocenters. The molecule has 0 spiro atoms. The molecule has 33 heavy (non-hydrogen) atoms. The molecule has 0 saturated carbocycles. The number of carbonyl (C=O) groups is 2. The minimum absolute atomic E-state index is 0.0864. The van der Waals surface area contributed by atoms with Crippen LogP contribution in [0.1, 0.15) is 61.3 Å². The number of hydrogen-bond acceptors (Lipinski definition) is 4. The third-order valence-corrected chi connectivity index (χ3v) is 6.08. The molecule has 7 heteroatoms. The van der Waals surface area contributed by atoms with Gasteiger partial charge in [-0.05, 0) is 73.2 Å². The summed E-state index contributed by atoms with van der Waals surface area (Å²) in [4.78, 5) is 34.3. The average Bonchev–Trinajstić information content (AvgIpc) is 3.42. The third kappa shape index (κ3) is 4.22. The van der Waals surface area contributed by atoms with E-state index < -0.39 is 0 Å². The second-order valence-electron chi connectivity index (χ2n) is 8.57. The first-order chi connectivity index (χ1) is 16.0. The molecule has 0 fully saturated rings. The molecular formula is C26H25N5O2. The van der Waals surface area contributed by atoms with Gasteiger partial charge < -0.3 is 10.6 Å². The van der Waals surface area contributed by atoms with Gasteiger partial charge in [-0.2, -0.15) is 0 Å². The summed E-state index contributed by atoms with van der Waals surface area (Å²) in [5.41, 5.74) is 7.00. The van der Waals surface area contributed by atoms with Crippen LogP contribution < -0.4 is 10.6 Å². The molecule has 7 nitrogen and oxygen atoms in total. The van der Waals surface area contributed by atoms with E-state index in [1.54, 1.807) is 12.4 Å². The summed E-state index contributed by atoms with van der Waals surface area (Å²) in [6.45, 7) is 4.35. The van der Waals surface area contributed by atoms with E-state index in [4.69, 9.17) is 0 Å². The number of aryl methyl sites for hydroxylation is 3. The van der Waals surface area contributed by atoms with Gasteiger partial charge in [-0.15, -0.1) is 0 Å². The highest BCUT2D eigenvalue weighted by atomic mass is 16.2. The van der Waals surface area contributed by atoms with E-state index in [0.717, 1.165) is 46.4 Å². The van der Waals surface area contributed by atoms with Gasteiger partial charge in [0.25, 0.3) is 11.8 Å². The van der Waals surface area contributed by atoms with Crippen molar-refractivity contribution >= 4 is 17.5 Å². The van der Waals surface area contributed by atoms with Crippen LogP contribution in [0.4, 0.5) is 0 Å². The molecule has 4 aromatic rings. The third-order valence-electron chi connectivity index (χ3n) is 6.08. The molecular weight excluding hydrogens is 414 g/mol. The van der Waals surface area contributed by atoms with E-state index in [1.165, 1.54) is 0 Å². The Labute approximate surface area is 191 Å². The van der Waals surface area contributed by atoms with E-state index >= 15 is 0 Å². The number of hydrogen-bond donors (Lipinski definition) is 2. The molecule has 0 radical (unpaired) electrons. The van der Waals surface area contributed by atoms with Crippen molar-refractivity contribution in [2.24, 2.45) is 0 Å². The normalized spacial score (nSPS) is 14.8. The molecule has 2 N–H and O–H groups in total. The van der Waals surface area contributed by atoms with Crippen LogP contribution in [0.3, 0.4) is 0 Å². The molecule has 1 aliphatic rings. The van der Waals surface area contributed by atoms with Crippen LogP contribution in [-0.4, -0.2) is 26.2 Å². The van der Waals surface area contributed by atoms with Gasteiger partial charge in [0.2, 0.25) is 0 Å². The summed E-state index contributed by atoms with van der Waals surface area (Å²) < 4.78 is 1.82. The van der Waals surface area contributed by atoms with E-state index in [9.17, 15) is 9.59 Å². The van der Waals surface area contributed by atoms with Crippen LogP contribution in [-0.2, 0) is 13.0 Å². The Morgan fingerprint density at radius 1 is 1.00 bits per heavy atom. The SMILES string of the molecule is Cc1ccc(CNC(=O)c2ccc3c(c2)CC[C@H]3NC(=O)c2cnc3ccc(C)cn23)nc1. The summed E-state index contributed by atoms with van der Waals surface area (Å²) >= 11 is 0. The van der Waals surface area contributed by atoms with Crippen LogP contribution in [0.5, 0.6) is 0 Å². The molecule has 0 unspecified atom stereocenters. The highest BCUT2D eigenvalue weighted by molar-refractivity contribution is 5.95. The summed E-state index contributed by atoms with van der Waals surface area (Å²) in [5.74, 6) is -0.285. The molecule has 1 aliphatic carbocycles. The quantitative estimate of drug-likeness (QED) is 0.496. The molecule has 0 aliphatic heterocycles. The Morgan fingerprint density at radius 2 is 1.85 bits per heavy atom. The number of imidazole rings is 1. The first-order valence-corrected chi connectivity index (χ1v) is 11.0. The van der Waals surface area contributed by atoms with Crippen molar-refractivity contribution in [2.75, 3.05) is 0 Å². The first kappa shape index (κ1) is 20.9. The number of pyridine rings is 2. The van der Waals surface area contributed by atoms with Crippen LogP contribution in [0, 0.1) is 13.8 Å². The van der Waals surface area contributed by atoms with Gasteiger partial charge in [0.05, 0.1) is 24.5 Å². The number of nitrogens with zero attached hydrogens (tertiary/aromatic N) is 3. The fourth-order valence-electron chi connectivity index (χ4n) is 4.27. The maximum Gasteiger partial charge on any atom is 0.270 e. The lowest BCUT2D eigenvalue weighted by molar-refractivity contribution is 0.0927. The largest absolute Gasteiger partial charge is 0.346 e. The summed E-state index contributed by atoms with van der Waals surface area (Å²) in [6.07, 6.45) is 6.93. The number of rotatable bonds is 5. The van der Waals surface area contributed by atoms with Crippen LogP contribution in [0.25, 0.3) is 5.65 Å². The summed E-state index contributed by atoms with van der Waals surface area (Å²) in [6, 6.07) is 13.4. The highest BCUT2D eigenvalue weighted by Crippen LogP contribution is 2.32. The Balaban J connectivity index is 1.27. The number of aromatic nitrogens is 3. The predicted molar refractivity (Wildman–Crippen MR) is 125 cm³/mol. The maximum atomic E-state index is 13.0. The lowest BCUT2D eigenvalue weighted by Crippen LogP contribution is -2.28. The zero-order chi connectivity index (χ0) is 22.9. The Hall–Kier alpha value is -4.00. The number of nitrogens with one attached hydrogen (secondary N) is 2. The van der Waals surface area contributed by atoms with Crippen molar-refractivity contribution in [1.82, 2.24) is 25.0 Å². The molecule has 166 valence electrons. The summed E-state index contributed by atoms with van der Waals surface area (Å²) in [5, 5.41) is 6.07. The topological polar surface area (TPSA) is 88.4 Å². The lowest BCUT2D eigenvalue weighted by atomic mass is 10.0. The van der Waals surface area contributed by atoms with Gasteiger partial charge in [-0.25, -0.2) is 4.98 Å². The predicted octanol–water partition coefficient (Wildman–Crippen LogP) is 3.69. The van der Waals surface area contributed by atoms with Gasteiger partial charge in [-0.1, -0.05) is 18.2 Å². The molecule has 3 aromatic heterocycles. The molecule has 3 heterocycles. The second kappa shape index (κ2) is 8.50. The van der Waals surface area contributed by atoms with Gasteiger partial charge >= 0.3 is 0 Å². The fraction of sp³-hybridized carbons (Fsp3) is 0.231. The average molecular weight is 440 g/mol. The van der Waals surface area contributed by atoms with E-state index in [1.807, 2.05) is 66.9 Å². The minimum Gasteiger partial charge on any atom is -0.346 e. The molecule has 0 bridgehead atoms. The molecule has 2 amide bonds. The highest BCUT2D eigenvalue weighted by Gasteiger charge is 2.26. The van der Waals surface area contributed by atoms with Crippen molar-refractivity contribution in [1.29, 1.82) is 0 Å².